The monoisotopic (exact) mass is 231 g/mol. The van der Waals surface area contributed by atoms with Gasteiger partial charge in [0.2, 0.25) is 5.95 Å². The first-order chi connectivity index (χ1) is 7.95. The first kappa shape index (κ1) is 12.0. The van der Waals surface area contributed by atoms with Crippen LogP contribution < -0.4 is 5.73 Å². The van der Waals surface area contributed by atoms with E-state index in [9.17, 15) is 0 Å². The fourth-order valence-corrected chi connectivity index (χ4v) is 2.56. The Hall–Kier alpha value is -1.51. The zero-order valence-electron chi connectivity index (χ0n) is 11.1. The molecule has 1 heterocycles. The molecule has 0 atom stereocenters. The van der Waals surface area contributed by atoms with Gasteiger partial charge in [-0.15, -0.1) is 0 Å². The highest BCUT2D eigenvalue weighted by Crippen LogP contribution is 2.30. The van der Waals surface area contributed by atoms with Crippen molar-refractivity contribution >= 4 is 17.0 Å². The van der Waals surface area contributed by atoms with Crippen LogP contribution in [0.25, 0.3) is 11.0 Å². The summed E-state index contributed by atoms with van der Waals surface area (Å²) >= 11 is 0. The maximum absolute atomic E-state index is 6.07. The van der Waals surface area contributed by atoms with Gasteiger partial charge in [-0.05, 0) is 44.9 Å². The van der Waals surface area contributed by atoms with Crippen molar-refractivity contribution < 1.29 is 0 Å². The van der Waals surface area contributed by atoms with Gasteiger partial charge in [0.15, 0.2) is 0 Å². The molecule has 0 saturated carbocycles. The molecule has 2 N–H and O–H groups in total. The molecule has 3 heteroatoms. The summed E-state index contributed by atoms with van der Waals surface area (Å²) < 4.78 is 2.17. The third-order valence-electron chi connectivity index (χ3n) is 3.30. The lowest BCUT2D eigenvalue weighted by molar-refractivity contribution is 0.338. The van der Waals surface area contributed by atoms with Crippen molar-refractivity contribution in [2.45, 2.75) is 46.1 Å². The Morgan fingerprint density at radius 3 is 2.71 bits per heavy atom. The molecule has 2 aromatic rings. The molecule has 0 fully saturated rings. The second-order valence-electron chi connectivity index (χ2n) is 5.36. The smallest absolute Gasteiger partial charge is 0.201 e. The molecule has 0 aliphatic rings. The van der Waals surface area contributed by atoms with E-state index in [1.165, 1.54) is 5.56 Å². The number of nitrogens with two attached hydrogens (primary N) is 1. The van der Waals surface area contributed by atoms with Gasteiger partial charge in [0.25, 0.3) is 0 Å². The van der Waals surface area contributed by atoms with E-state index in [-0.39, 0.29) is 5.54 Å². The number of anilines is 1. The number of hydrogen-bond acceptors (Lipinski definition) is 2. The van der Waals surface area contributed by atoms with E-state index in [1.807, 2.05) is 6.07 Å². The van der Waals surface area contributed by atoms with E-state index in [0.717, 1.165) is 23.9 Å². The highest BCUT2D eigenvalue weighted by Gasteiger charge is 2.24. The predicted octanol–water partition coefficient (Wildman–Crippen LogP) is 3.46. The van der Waals surface area contributed by atoms with Gasteiger partial charge >= 0.3 is 0 Å². The van der Waals surface area contributed by atoms with Crippen LogP contribution in [-0.2, 0) is 5.54 Å². The molecule has 0 saturated heterocycles. The number of benzene rings is 1. The van der Waals surface area contributed by atoms with Crippen molar-refractivity contribution in [3.05, 3.63) is 23.8 Å². The molecule has 2 rings (SSSR count). The van der Waals surface area contributed by atoms with Gasteiger partial charge in [-0.1, -0.05) is 19.4 Å². The van der Waals surface area contributed by atoms with Crippen LogP contribution in [-0.4, -0.2) is 9.55 Å². The zero-order chi connectivity index (χ0) is 12.6. The van der Waals surface area contributed by atoms with Crippen molar-refractivity contribution in [3.8, 4) is 0 Å². The number of aromatic nitrogens is 2. The zero-order valence-corrected chi connectivity index (χ0v) is 11.1. The highest BCUT2D eigenvalue weighted by atomic mass is 15.2. The first-order valence-corrected chi connectivity index (χ1v) is 6.21. The molecule has 0 aliphatic heterocycles. The minimum atomic E-state index is 0.0153. The topological polar surface area (TPSA) is 43.8 Å². The minimum absolute atomic E-state index is 0.0153. The third-order valence-corrected chi connectivity index (χ3v) is 3.30. The van der Waals surface area contributed by atoms with Crippen molar-refractivity contribution in [1.82, 2.24) is 9.55 Å². The molecule has 0 aliphatic carbocycles. The van der Waals surface area contributed by atoms with E-state index < -0.39 is 0 Å². The summed E-state index contributed by atoms with van der Waals surface area (Å²) in [6.45, 7) is 8.73. The van der Waals surface area contributed by atoms with Gasteiger partial charge in [-0.3, -0.25) is 0 Å². The van der Waals surface area contributed by atoms with E-state index in [1.54, 1.807) is 0 Å². The number of fused-ring (bicyclic) bond motifs is 1. The summed E-state index contributed by atoms with van der Waals surface area (Å²) in [4.78, 5) is 4.44. The summed E-state index contributed by atoms with van der Waals surface area (Å²) in [5.41, 5.74) is 9.45. The molecule has 1 aromatic heterocycles. The van der Waals surface area contributed by atoms with Crippen LogP contribution in [0.5, 0.6) is 0 Å². The summed E-state index contributed by atoms with van der Waals surface area (Å²) in [5.74, 6) is 0.615. The minimum Gasteiger partial charge on any atom is -0.369 e. The van der Waals surface area contributed by atoms with E-state index in [0.29, 0.717) is 5.95 Å². The normalized spacial score (nSPS) is 12.2. The van der Waals surface area contributed by atoms with Crippen LogP contribution in [0.2, 0.25) is 0 Å². The molecule has 0 spiro atoms. The van der Waals surface area contributed by atoms with Gasteiger partial charge in [-0.2, -0.15) is 0 Å². The molecular formula is C14H21N3. The summed E-state index contributed by atoms with van der Waals surface area (Å²) in [5, 5.41) is 0. The Bertz CT molecular complexity index is 538. The summed E-state index contributed by atoms with van der Waals surface area (Å²) in [7, 11) is 0. The van der Waals surface area contributed by atoms with E-state index >= 15 is 0 Å². The van der Waals surface area contributed by atoms with Crippen LogP contribution in [0.3, 0.4) is 0 Å². The molecule has 0 bridgehead atoms. The van der Waals surface area contributed by atoms with Crippen molar-refractivity contribution in [2.24, 2.45) is 0 Å². The molecule has 92 valence electrons. The molecular weight excluding hydrogens is 210 g/mol. The van der Waals surface area contributed by atoms with Gasteiger partial charge in [0, 0.05) is 5.54 Å². The van der Waals surface area contributed by atoms with Crippen LogP contribution >= 0.6 is 0 Å². The molecule has 17 heavy (non-hydrogen) atoms. The maximum atomic E-state index is 6.07. The highest BCUT2D eigenvalue weighted by molar-refractivity contribution is 5.79. The van der Waals surface area contributed by atoms with Gasteiger partial charge in [0.1, 0.15) is 0 Å². The van der Waals surface area contributed by atoms with E-state index in [4.69, 9.17) is 5.73 Å². The Balaban J connectivity index is 2.67. The van der Waals surface area contributed by atoms with E-state index in [2.05, 4.69) is 49.4 Å². The van der Waals surface area contributed by atoms with Crippen molar-refractivity contribution in [1.29, 1.82) is 0 Å². The van der Waals surface area contributed by atoms with Gasteiger partial charge < -0.3 is 10.3 Å². The van der Waals surface area contributed by atoms with Crippen LogP contribution in [0.1, 0.15) is 39.2 Å². The number of hydrogen-bond donors (Lipinski definition) is 1. The molecule has 0 unspecified atom stereocenters. The standard InChI is InChI=1S/C14H21N3/c1-5-8-14(3,4)17-12-9-10(2)6-7-11(12)16-13(17)15/h6-7,9H,5,8H2,1-4H3,(H2,15,16). The number of nitrogen functional groups attached to an aromatic ring is 1. The fraction of sp³-hybridized carbons (Fsp3) is 0.500. The van der Waals surface area contributed by atoms with Gasteiger partial charge in [0.05, 0.1) is 11.0 Å². The maximum Gasteiger partial charge on any atom is 0.201 e. The van der Waals surface area contributed by atoms with Crippen molar-refractivity contribution in [3.63, 3.8) is 0 Å². The SMILES string of the molecule is CCCC(C)(C)n1c(N)nc2ccc(C)cc21. The van der Waals surface area contributed by atoms with Crippen molar-refractivity contribution in [2.75, 3.05) is 5.73 Å². The molecule has 0 amide bonds. The summed E-state index contributed by atoms with van der Waals surface area (Å²) in [6, 6.07) is 6.28. The van der Waals surface area contributed by atoms with Crippen LogP contribution in [0.15, 0.2) is 18.2 Å². The number of imidazole rings is 1. The van der Waals surface area contributed by atoms with Gasteiger partial charge in [-0.25, -0.2) is 4.98 Å². The van der Waals surface area contributed by atoms with Crippen LogP contribution in [0.4, 0.5) is 5.95 Å². The second-order valence-corrected chi connectivity index (χ2v) is 5.36. The Labute approximate surface area is 103 Å². The Morgan fingerprint density at radius 2 is 2.06 bits per heavy atom. The summed E-state index contributed by atoms with van der Waals surface area (Å²) in [6.07, 6.45) is 2.23. The average molecular weight is 231 g/mol. The largest absolute Gasteiger partial charge is 0.369 e. The lowest BCUT2D eigenvalue weighted by Crippen LogP contribution is -2.27. The molecule has 3 nitrogen and oxygen atoms in total. The Morgan fingerprint density at radius 1 is 1.35 bits per heavy atom. The average Bonchev–Trinajstić information content (AvgIpc) is 2.53. The fourth-order valence-electron chi connectivity index (χ4n) is 2.56. The third kappa shape index (κ3) is 2.02. The molecule has 0 radical (unpaired) electrons. The number of aryl methyl sites for hydroxylation is 1. The lowest BCUT2D eigenvalue weighted by Gasteiger charge is -2.28. The second kappa shape index (κ2) is 4.06. The lowest BCUT2D eigenvalue weighted by atomic mass is 9.98. The quantitative estimate of drug-likeness (QED) is 0.879. The molecule has 1 aromatic carbocycles. The number of rotatable bonds is 3. The number of nitrogens with zero attached hydrogens (tertiary/aromatic N) is 2. The predicted molar refractivity (Wildman–Crippen MR) is 73.1 cm³/mol. The first-order valence-electron chi connectivity index (χ1n) is 6.21. The Kier molecular flexibility index (Phi) is 2.86. The van der Waals surface area contributed by atoms with Crippen LogP contribution in [0, 0.1) is 6.92 Å².